The van der Waals surface area contributed by atoms with Crippen molar-refractivity contribution in [1.82, 2.24) is 0 Å². The van der Waals surface area contributed by atoms with Crippen LogP contribution in [0.15, 0.2) is 65.1 Å². The summed E-state index contributed by atoms with van der Waals surface area (Å²) in [5.74, 6) is 0.458. The summed E-state index contributed by atoms with van der Waals surface area (Å²) in [5.41, 5.74) is 1.73. The molecule has 1 amide bonds. The molecule has 0 fully saturated rings. The van der Waals surface area contributed by atoms with Crippen molar-refractivity contribution in [3.63, 3.8) is 0 Å². The molecule has 3 rings (SSSR count). The fourth-order valence-electron chi connectivity index (χ4n) is 2.64. The molecule has 0 saturated carbocycles. The van der Waals surface area contributed by atoms with E-state index in [1.54, 1.807) is 7.11 Å². The van der Waals surface area contributed by atoms with E-state index in [0.717, 1.165) is 26.5 Å². The number of rotatable bonds is 6. The van der Waals surface area contributed by atoms with Crippen LogP contribution in [0, 0.1) is 0 Å². The number of methoxy groups -OCH3 is 1. The van der Waals surface area contributed by atoms with Gasteiger partial charge in [0.05, 0.1) is 6.10 Å². The molecule has 0 saturated heterocycles. The molecule has 0 aromatic heterocycles. The molecular formula is C21H20BrNO3. The van der Waals surface area contributed by atoms with E-state index in [9.17, 15) is 4.79 Å². The lowest BCUT2D eigenvalue weighted by Gasteiger charge is -2.12. The Morgan fingerprint density at radius 1 is 1.08 bits per heavy atom. The highest BCUT2D eigenvalue weighted by Crippen LogP contribution is 2.24. The van der Waals surface area contributed by atoms with Crippen LogP contribution in [0.3, 0.4) is 0 Å². The normalized spacial score (nSPS) is 12.0. The summed E-state index contributed by atoms with van der Waals surface area (Å²) in [6.45, 7) is 1.91. The number of amides is 1. The summed E-state index contributed by atoms with van der Waals surface area (Å²) in [7, 11) is 1.66. The summed E-state index contributed by atoms with van der Waals surface area (Å²) in [6, 6.07) is 19.4. The van der Waals surface area contributed by atoms with Crippen molar-refractivity contribution in [3.8, 4) is 5.75 Å². The third-order valence-electron chi connectivity index (χ3n) is 4.14. The maximum atomic E-state index is 12.2. The summed E-state index contributed by atoms with van der Waals surface area (Å²) >= 11 is 3.46. The molecule has 0 aliphatic rings. The summed E-state index contributed by atoms with van der Waals surface area (Å²) < 4.78 is 12.0. The van der Waals surface area contributed by atoms with Crippen LogP contribution in [0.4, 0.5) is 5.69 Å². The summed E-state index contributed by atoms with van der Waals surface area (Å²) in [6.07, 6.45) is -0.0271. The number of halogens is 1. The van der Waals surface area contributed by atoms with Crippen LogP contribution in [-0.4, -0.2) is 19.6 Å². The third kappa shape index (κ3) is 4.62. The fraction of sp³-hybridized carbons (Fsp3) is 0.190. The number of carbonyl (C=O) groups excluding carboxylic acids is 1. The highest BCUT2D eigenvalue weighted by molar-refractivity contribution is 9.10. The van der Waals surface area contributed by atoms with Gasteiger partial charge < -0.3 is 14.8 Å². The summed E-state index contributed by atoms with van der Waals surface area (Å²) in [5, 5.41) is 5.02. The standard InChI is InChI=1S/C21H20BrNO3/c1-14(25-2)15-4-3-5-19(11-15)23-21(24)13-26-20-9-7-16-10-18(22)8-6-17(16)12-20/h3-12,14H,13H2,1-2H3,(H,23,24). The molecule has 5 heteroatoms. The smallest absolute Gasteiger partial charge is 0.262 e. The fourth-order valence-corrected chi connectivity index (χ4v) is 3.01. The molecule has 0 aliphatic heterocycles. The Morgan fingerprint density at radius 3 is 2.65 bits per heavy atom. The molecule has 1 atom stereocenters. The molecule has 1 unspecified atom stereocenters. The second-order valence-electron chi connectivity index (χ2n) is 5.99. The molecule has 3 aromatic rings. The Hall–Kier alpha value is -2.37. The molecule has 4 nitrogen and oxygen atoms in total. The van der Waals surface area contributed by atoms with Crippen LogP contribution in [0.25, 0.3) is 10.8 Å². The minimum atomic E-state index is -0.205. The average molecular weight is 414 g/mol. The zero-order valence-electron chi connectivity index (χ0n) is 14.7. The monoisotopic (exact) mass is 413 g/mol. The van der Waals surface area contributed by atoms with E-state index in [4.69, 9.17) is 9.47 Å². The van der Waals surface area contributed by atoms with Gasteiger partial charge in [-0.3, -0.25) is 4.79 Å². The second-order valence-corrected chi connectivity index (χ2v) is 6.91. The number of ether oxygens (including phenoxy) is 2. The van der Waals surface area contributed by atoms with Crippen LogP contribution >= 0.6 is 15.9 Å². The molecule has 0 radical (unpaired) electrons. The first kappa shape index (κ1) is 18.4. The SMILES string of the molecule is COC(C)c1cccc(NC(=O)COc2ccc3cc(Br)ccc3c2)c1. The first-order valence-electron chi connectivity index (χ1n) is 8.30. The quantitative estimate of drug-likeness (QED) is 0.594. The number of hydrogen-bond donors (Lipinski definition) is 1. The Kier molecular flexibility index (Phi) is 5.91. The second kappa shape index (κ2) is 8.34. The van der Waals surface area contributed by atoms with Crippen molar-refractivity contribution >= 4 is 38.3 Å². The van der Waals surface area contributed by atoms with Gasteiger partial charge in [-0.15, -0.1) is 0 Å². The highest BCUT2D eigenvalue weighted by atomic mass is 79.9. The number of hydrogen-bond acceptors (Lipinski definition) is 3. The predicted molar refractivity (Wildman–Crippen MR) is 108 cm³/mol. The molecule has 0 aliphatic carbocycles. The van der Waals surface area contributed by atoms with Crippen LogP contribution in [0.5, 0.6) is 5.75 Å². The van der Waals surface area contributed by atoms with Crippen molar-refractivity contribution in [2.45, 2.75) is 13.0 Å². The Morgan fingerprint density at radius 2 is 1.85 bits per heavy atom. The van der Waals surface area contributed by atoms with Gasteiger partial charge in [0.2, 0.25) is 0 Å². The first-order chi connectivity index (χ1) is 12.5. The van der Waals surface area contributed by atoms with Gasteiger partial charge in [0.15, 0.2) is 6.61 Å². The van der Waals surface area contributed by atoms with Gasteiger partial charge in [-0.25, -0.2) is 0 Å². The lowest BCUT2D eigenvalue weighted by atomic mass is 10.1. The Balaban J connectivity index is 1.61. The van der Waals surface area contributed by atoms with E-state index in [0.29, 0.717) is 5.75 Å². The lowest BCUT2D eigenvalue weighted by Crippen LogP contribution is -2.20. The highest BCUT2D eigenvalue weighted by Gasteiger charge is 2.08. The third-order valence-corrected chi connectivity index (χ3v) is 4.63. The zero-order valence-corrected chi connectivity index (χ0v) is 16.2. The number of anilines is 1. The van der Waals surface area contributed by atoms with Crippen molar-refractivity contribution < 1.29 is 14.3 Å². The van der Waals surface area contributed by atoms with Crippen molar-refractivity contribution in [1.29, 1.82) is 0 Å². The van der Waals surface area contributed by atoms with Crippen LogP contribution in [0.2, 0.25) is 0 Å². The Bertz CT molecular complexity index is 926. The largest absolute Gasteiger partial charge is 0.484 e. The van der Waals surface area contributed by atoms with E-state index in [2.05, 4.69) is 21.2 Å². The predicted octanol–water partition coefficient (Wildman–Crippen LogP) is 5.33. The topological polar surface area (TPSA) is 47.6 Å². The van der Waals surface area contributed by atoms with E-state index in [1.807, 2.05) is 67.6 Å². The number of fused-ring (bicyclic) bond motifs is 1. The molecule has 0 bridgehead atoms. The van der Waals surface area contributed by atoms with Crippen molar-refractivity contribution in [2.24, 2.45) is 0 Å². The van der Waals surface area contributed by atoms with E-state index < -0.39 is 0 Å². The molecule has 3 aromatic carbocycles. The van der Waals surface area contributed by atoms with Gasteiger partial charge in [0.25, 0.3) is 5.91 Å². The molecule has 134 valence electrons. The van der Waals surface area contributed by atoms with E-state index in [1.165, 1.54) is 0 Å². The van der Waals surface area contributed by atoms with Gasteiger partial charge in [0.1, 0.15) is 5.75 Å². The molecule has 1 N–H and O–H groups in total. The van der Waals surface area contributed by atoms with Crippen LogP contribution < -0.4 is 10.1 Å². The lowest BCUT2D eigenvalue weighted by molar-refractivity contribution is -0.118. The van der Waals surface area contributed by atoms with Gasteiger partial charge in [0, 0.05) is 17.3 Å². The van der Waals surface area contributed by atoms with Crippen LogP contribution in [-0.2, 0) is 9.53 Å². The van der Waals surface area contributed by atoms with Gasteiger partial charge in [-0.2, -0.15) is 0 Å². The molecule has 0 heterocycles. The molecule has 26 heavy (non-hydrogen) atoms. The number of carbonyl (C=O) groups is 1. The average Bonchev–Trinajstić information content (AvgIpc) is 2.66. The van der Waals surface area contributed by atoms with E-state index >= 15 is 0 Å². The maximum absolute atomic E-state index is 12.2. The first-order valence-corrected chi connectivity index (χ1v) is 9.09. The Labute approximate surface area is 161 Å². The summed E-state index contributed by atoms with van der Waals surface area (Å²) in [4.78, 5) is 12.2. The number of benzene rings is 3. The zero-order chi connectivity index (χ0) is 18.5. The van der Waals surface area contributed by atoms with Crippen LogP contribution in [0.1, 0.15) is 18.6 Å². The molecular weight excluding hydrogens is 394 g/mol. The van der Waals surface area contributed by atoms with Gasteiger partial charge in [-0.05, 0) is 59.7 Å². The van der Waals surface area contributed by atoms with E-state index in [-0.39, 0.29) is 18.6 Å². The number of nitrogens with one attached hydrogen (secondary N) is 1. The van der Waals surface area contributed by atoms with Gasteiger partial charge >= 0.3 is 0 Å². The molecule has 0 spiro atoms. The minimum absolute atomic E-state index is 0.0271. The van der Waals surface area contributed by atoms with Crippen molar-refractivity contribution in [2.75, 3.05) is 19.0 Å². The van der Waals surface area contributed by atoms with Gasteiger partial charge in [-0.1, -0.05) is 40.2 Å². The maximum Gasteiger partial charge on any atom is 0.262 e. The van der Waals surface area contributed by atoms with Crippen molar-refractivity contribution in [3.05, 3.63) is 70.7 Å². The minimum Gasteiger partial charge on any atom is -0.484 e.